The largest absolute Gasteiger partial charge is 0.304 e. The molecule has 0 amide bonds. The molecule has 2 heterocycles. The second-order valence-corrected chi connectivity index (χ2v) is 6.13. The quantitative estimate of drug-likeness (QED) is 0.825. The summed E-state index contributed by atoms with van der Waals surface area (Å²) in [5.74, 6) is 0.699. The molecule has 0 aliphatic carbocycles. The molecule has 1 aliphatic heterocycles. The highest BCUT2D eigenvalue weighted by Gasteiger charge is 2.21. The van der Waals surface area contributed by atoms with Gasteiger partial charge in [0.1, 0.15) is 0 Å². The maximum absolute atomic E-state index is 8.96. The topological polar surface area (TPSA) is 27.0 Å². The molecule has 3 heteroatoms. The van der Waals surface area contributed by atoms with E-state index >= 15 is 0 Å². The Kier molecular flexibility index (Phi) is 3.54. The van der Waals surface area contributed by atoms with Crippen molar-refractivity contribution >= 4 is 21.4 Å². The monoisotopic (exact) mass is 270 g/mol. The number of fused-ring (bicyclic) bond motifs is 1. The molecule has 1 fully saturated rings. The van der Waals surface area contributed by atoms with E-state index in [0.29, 0.717) is 5.92 Å². The van der Waals surface area contributed by atoms with Crippen molar-refractivity contribution in [3.8, 4) is 6.07 Å². The Bertz CT molecular complexity index is 615. The third kappa shape index (κ3) is 2.39. The highest BCUT2D eigenvalue weighted by atomic mass is 32.1. The number of nitrogens with zero attached hydrogens (tertiary/aromatic N) is 2. The highest BCUT2D eigenvalue weighted by molar-refractivity contribution is 7.17. The van der Waals surface area contributed by atoms with Gasteiger partial charge >= 0.3 is 0 Å². The van der Waals surface area contributed by atoms with Crippen LogP contribution in [0.15, 0.2) is 23.6 Å². The molecule has 2 nitrogen and oxygen atoms in total. The van der Waals surface area contributed by atoms with Gasteiger partial charge in [0.15, 0.2) is 0 Å². The van der Waals surface area contributed by atoms with E-state index in [1.807, 2.05) is 12.1 Å². The molecule has 19 heavy (non-hydrogen) atoms. The molecule has 0 N–H and O–H groups in total. The van der Waals surface area contributed by atoms with Crippen LogP contribution in [0.2, 0.25) is 0 Å². The molecular weight excluding hydrogens is 252 g/mol. The number of thiophene rings is 1. The van der Waals surface area contributed by atoms with Crippen LogP contribution in [-0.4, -0.2) is 24.5 Å². The van der Waals surface area contributed by atoms with E-state index in [9.17, 15) is 0 Å². The Morgan fingerprint density at radius 1 is 1.37 bits per heavy atom. The zero-order valence-electron chi connectivity index (χ0n) is 11.2. The lowest BCUT2D eigenvalue weighted by molar-refractivity contribution is 0.223. The normalized spacial score (nSPS) is 17.7. The predicted molar refractivity (Wildman–Crippen MR) is 80.6 cm³/mol. The van der Waals surface area contributed by atoms with Gasteiger partial charge in [0, 0.05) is 4.70 Å². The number of nitriles is 1. The van der Waals surface area contributed by atoms with E-state index < -0.39 is 0 Å². The van der Waals surface area contributed by atoms with Gasteiger partial charge in [-0.2, -0.15) is 5.26 Å². The van der Waals surface area contributed by atoms with Crippen LogP contribution in [0, 0.1) is 11.3 Å². The minimum atomic E-state index is 0.699. The number of benzene rings is 1. The molecule has 0 bridgehead atoms. The van der Waals surface area contributed by atoms with Gasteiger partial charge in [-0.25, -0.2) is 0 Å². The summed E-state index contributed by atoms with van der Waals surface area (Å²) in [5.41, 5.74) is 2.27. The third-order valence-electron chi connectivity index (χ3n) is 4.21. The first kappa shape index (κ1) is 12.7. The van der Waals surface area contributed by atoms with Gasteiger partial charge in [0.25, 0.3) is 0 Å². The molecule has 0 spiro atoms. The first-order valence-corrected chi connectivity index (χ1v) is 7.83. The molecule has 1 saturated heterocycles. The van der Waals surface area contributed by atoms with E-state index in [-0.39, 0.29) is 0 Å². The van der Waals surface area contributed by atoms with Crippen molar-refractivity contribution in [3.05, 3.63) is 34.7 Å². The Morgan fingerprint density at radius 2 is 2.16 bits per heavy atom. The number of piperidine rings is 1. The average molecular weight is 270 g/mol. The zero-order chi connectivity index (χ0) is 13.2. The van der Waals surface area contributed by atoms with Gasteiger partial charge in [0.2, 0.25) is 0 Å². The lowest BCUT2D eigenvalue weighted by Crippen LogP contribution is -2.32. The van der Waals surface area contributed by atoms with Crippen molar-refractivity contribution in [2.45, 2.75) is 25.7 Å². The molecule has 1 aromatic heterocycles. The van der Waals surface area contributed by atoms with Crippen LogP contribution in [0.5, 0.6) is 0 Å². The van der Waals surface area contributed by atoms with Crippen LogP contribution < -0.4 is 0 Å². The number of rotatable bonds is 2. The summed E-state index contributed by atoms with van der Waals surface area (Å²) in [6, 6.07) is 8.31. The molecule has 0 saturated carbocycles. The minimum absolute atomic E-state index is 0.699. The summed E-state index contributed by atoms with van der Waals surface area (Å²) in [4.78, 5) is 2.53. The van der Waals surface area contributed by atoms with E-state index in [0.717, 1.165) is 5.56 Å². The maximum atomic E-state index is 8.96. The van der Waals surface area contributed by atoms with E-state index in [4.69, 9.17) is 5.26 Å². The van der Waals surface area contributed by atoms with Crippen molar-refractivity contribution in [3.63, 3.8) is 0 Å². The van der Waals surface area contributed by atoms with E-state index in [2.05, 4.69) is 29.3 Å². The first-order valence-electron chi connectivity index (χ1n) is 6.95. The second kappa shape index (κ2) is 5.32. The Morgan fingerprint density at radius 3 is 2.84 bits per heavy atom. The van der Waals surface area contributed by atoms with Crippen LogP contribution in [0.1, 0.15) is 36.8 Å². The van der Waals surface area contributed by atoms with Crippen LogP contribution in [0.25, 0.3) is 10.1 Å². The fourth-order valence-corrected chi connectivity index (χ4v) is 4.08. The van der Waals surface area contributed by atoms with Gasteiger partial charge < -0.3 is 4.90 Å². The summed E-state index contributed by atoms with van der Waals surface area (Å²) < 4.78 is 1.26. The van der Waals surface area contributed by atoms with Gasteiger partial charge in [-0.1, -0.05) is 13.0 Å². The Balaban J connectivity index is 1.88. The van der Waals surface area contributed by atoms with Gasteiger partial charge in [-0.15, -0.1) is 11.3 Å². The summed E-state index contributed by atoms with van der Waals surface area (Å²) in [7, 11) is 0. The second-order valence-electron chi connectivity index (χ2n) is 5.22. The summed E-state index contributed by atoms with van der Waals surface area (Å²) in [6.45, 7) is 5.84. The fourth-order valence-electron chi connectivity index (χ4n) is 2.99. The van der Waals surface area contributed by atoms with Gasteiger partial charge in [0.05, 0.1) is 11.6 Å². The Labute approximate surface area is 118 Å². The maximum Gasteiger partial charge on any atom is 0.0992 e. The third-order valence-corrected chi connectivity index (χ3v) is 5.17. The lowest BCUT2D eigenvalue weighted by Gasteiger charge is -2.31. The van der Waals surface area contributed by atoms with Gasteiger partial charge in [-0.3, -0.25) is 0 Å². The Hall–Kier alpha value is -1.37. The van der Waals surface area contributed by atoms with Crippen LogP contribution >= 0.6 is 11.3 Å². The molecular formula is C16H18N2S. The fraction of sp³-hybridized carbons (Fsp3) is 0.438. The summed E-state index contributed by atoms with van der Waals surface area (Å²) in [6.07, 6.45) is 2.53. The van der Waals surface area contributed by atoms with Crippen molar-refractivity contribution in [2.24, 2.45) is 0 Å². The van der Waals surface area contributed by atoms with Crippen LogP contribution in [0.4, 0.5) is 0 Å². The molecule has 1 aliphatic rings. The average Bonchev–Trinajstić information content (AvgIpc) is 2.90. The molecule has 2 aromatic rings. The lowest BCUT2D eigenvalue weighted by atomic mass is 9.89. The van der Waals surface area contributed by atoms with Crippen molar-refractivity contribution in [2.75, 3.05) is 19.6 Å². The molecule has 0 unspecified atom stereocenters. The number of likely N-dealkylation sites (tertiary alicyclic amines) is 1. The number of hydrogen-bond acceptors (Lipinski definition) is 3. The SMILES string of the molecule is CCN1CCC(c2csc3cc(C#N)ccc23)CC1. The molecule has 0 atom stereocenters. The molecule has 98 valence electrons. The molecule has 1 aromatic carbocycles. The van der Waals surface area contributed by atoms with Crippen LogP contribution in [-0.2, 0) is 0 Å². The van der Waals surface area contributed by atoms with Crippen molar-refractivity contribution in [1.82, 2.24) is 4.90 Å². The summed E-state index contributed by atoms with van der Waals surface area (Å²) in [5, 5.41) is 12.6. The predicted octanol–water partition coefficient (Wildman–Crippen LogP) is 3.97. The van der Waals surface area contributed by atoms with Crippen molar-refractivity contribution in [1.29, 1.82) is 5.26 Å². The van der Waals surface area contributed by atoms with Crippen molar-refractivity contribution < 1.29 is 0 Å². The molecule has 0 radical (unpaired) electrons. The minimum Gasteiger partial charge on any atom is -0.304 e. The first-order chi connectivity index (χ1) is 9.31. The molecule has 3 rings (SSSR count). The van der Waals surface area contributed by atoms with E-state index in [1.165, 1.54) is 48.1 Å². The number of hydrogen-bond donors (Lipinski definition) is 0. The zero-order valence-corrected chi connectivity index (χ0v) is 12.0. The standard InChI is InChI=1S/C16H18N2S/c1-2-18-7-5-13(6-8-18)15-11-19-16-9-12(10-17)3-4-14(15)16/h3-4,9,11,13H,2,5-8H2,1H3. The smallest absolute Gasteiger partial charge is 0.0992 e. The highest BCUT2D eigenvalue weighted by Crippen LogP contribution is 2.36. The van der Waals surface area contributed by atoms with E-state index in [1.54, 1.807) is 11.3 Å². The summed E-state index contributed by atoms with van der Waals surface area (Å²) >= 11 is 1.78. The van der Waals surface area contributed by atoms with Crippen LogP contribution in [0.3, 0.4) is 0 Å². The van der Waals surface area contributed by atoms with Gasteiger partial charge in [-0.05, 0) is 66.9 Å².